The van der Waals surface area contributed by atoms with Gasteiger partial charge in [-0.15, -0.1) is 0 Å². The van der Waals surface area contributed by atoms with Crippen LogP contribution in [0.2, 0.25) is 0 Å². The number of carbonyl (C=O) groups is 1. The maximum atomic E-state index is 11.5. The molecule has 0 aromatic heterocycles. The summed E-state index contributed by atoms with van der Waals surface area (Å²) in [6.07, 6.45) is 1.67. The van der Waals surface area contributed by atoms with E-state index in [1.54, 1.807) is 0 Å². The van der Waals surface area contributed by atoms with Crippen LogP contribution in [0.3, 0.4) is 0 Å². The summed E-state index contributed by atoms with van der Waals surface area (Å²) in [4.78, 5) is 13.7. The molecule has 1 saturated heterocycles. The summed E-state index contributed by atoms with van der Waals surface area (Å²) >= 11 is 0. The van der Waals surface area contributed by atoms with Crippen molar-refractivity contribution in [1.82, 2.24) is 10.2 Å². The van der Waals surface area contributed by atoms with Gasteiger partial charge < -0.3 is 5.32 Å². The Hall–Kier alpha value is -0.670. The van der Waals surface area contributed by atoms with Crippen LogP contribution in [0.1, 0.15) is 19.8 Å². The van der Waals surface area contributed by atoms with Gasteiger partial charge >= 0.3 is 0 Å². The topological polar surface area (TPSA) is 32.3 Å². The minimum atomic E-state index is 0.291. The second kappa shape index (κ2) is 5.94. The fourth-order valence-corrected chi connectivity index (χ4v) is 1.70. The van der Waals surface area contributed by atoms with Crippen LogP contribution in [-0.2, 0) is 4.79 Å². The van der Waals surface area contributed by atoms with Crippen LogP contribution in [0, 0.1) is 0 Å². The summed E-state index contributed by atoms with van der Waals surface area (Å²) in [6.45, 7) is 10.4. The van der Waals surface area contributed by atoms with E-state index in [4.69, 9.17) is 0 Å². The summed E-state index contributed by atoms with van der Waals surface area (Å²) in [5.41, 5.74) is 0.961. The Balaban J connectivity index is 2.27. The molecule has 3 nitrogen and oxygen atoms in total. The average molecular weight is 196 g/mol. The predicted octanol–water partition coefficient (Wildman–Crippen LogP) is 0.817. The Bertz CT molecular complexity index is 205. The molecule has 0 aromatic rings. The minimum Gasteiger partial charge on any atom is -0.315 e. The fraction of sp³-hybridized carbons (Fsp3) is 0.727. The second-order valence-electron chi connectivity index (χ2n) is 4.05. The van der Waals surface area contributed by atoms with E-state index in [2.05, 4.69) is 16.8 Å². The monoisotopic (exact) mass is 196 g/mol. The van der Waals surface area contributed by atoms with Gasteiger partial charge in [-0.25, -0.2) is 0 Å². The Morgan fingerprint density at radius 3 is 2.93 bits per heavy atom. The van der Waals surface area contributed by atoms with Crippen molar-refractivity contribution in [1.29, 1.82) is 0 Å². The summed E-state index contributed by atoms with van der Waals surface area (Å²) in [5, 5.41) is 3.32. The maximum absolute atomic E-state index is 11.5. The van der Waals surface area contributed by atoms with Gasteiger partial charge in [-0.2, -0.15) is 0 Å². The third-order valence-corrected chi connectivity index (χ3v) is 2.33. The van der Waals surface area contributed by atoms with E-state index in [-0.39, 0.29) is 0 Å². The number of ketones is 1. The molecule has 0 aromatic carbocycles. The molecule has 0 spiro atoms. The smallest absolute Gasteiger partial charge is 0.150 e. The highest BCUT2D eigenvalue weighted by Crippen LogP contribution is 2.01. The molecule has 1 rings (SSSR count). The van der Waals surface area contributed by atoms with Crippen molar-refractivity contribution in [3.05, 3.63) is 12.2 Å². The third-order valence-electron chi connectivity index (χ3n) is 2.33. The van der Waals surface area contributed by atoms with E-state index >= 15 is 0 Å². The predicted molar refractivity (Wildman–Crippen MR) is 58.4 cm³/mol. The molecule has 1 aliphatic rings. The largest absolute Gasteiger partial charge is 0.315 e. The number of rotatable bonds is 4. The lowest BCUT2D eigenvalue weighted by Crippen LogP contribution is -2.33. The van der Waals surface area contributed by atoms with Crippen molar-refractivity contribution in [3.8, 4) is 0 Å². The molecule has 0 unspecified atom stereocenters. The standard InChI is InChI=1S/C11H20N2O/c1-10(2)8-11(14)9-13-6-3-4-12-5-7-13/h12H,1,3-9H2,2H3. The van der Waals surface area contributed by atoms with Gasteiger partial charge in [0.25, 0.3) is 0 Å². The summed E-state index contributed by atoms with van der Waals surface area (Å²) in [5.74, 6) is 0.291. The first-order valence-electron chi connectivity index (χ1n) is 5.27. The van der Waals surface area contributed by atoms with Gasteiger partial charge in [0.05, 0.1) is 6.54 Å². The summed E-state index contributed by atoms with van der Waals surface area (Å²) in [7, 11) is 0. The van der Waals surface area contributed by atoms with Crippen LogP contribution < -0.4 is 5.32 Å². The second-order valence-corrected chi connectivity index (χ2v) is 4.05. The van der Waals surface area contributed by atoms with E-state index in [1.807, 2.05) is 6.92 Å². The molecule has 1 heterocycles. The normalized spacial score (nSPS) is 18.9. The van der Waals surface area contributed by atoms with Crippen LogP contribution in [0.15, 0.2) is 12.2 Å². The highest BCUT2D eigenvalue weighted by molar-refractivity contribution is 5.82. The van der Waals surface area contributed by atoms with Crippen molar-refractivity contribution in [2.75, 3.05) is 32.7 Å². The van der Waals surface area contributed by atoms with Crippen molar-refractivity contribution in [2.45, 2.75) is 19.8 Å². The number of nitrogens with one attached hydrogen (secondary N) is 1. The Kier molecular flexibility index (Phi) is 4.84. The Morgan fingerprint density at radius 1 is 1.43 bits per heavy atom. The zero-order chi connectivity index (χ0) is 10.4. The average Bonchev–Trinajstić information content (AvgIpc) is 2.31. The van der Waals surface area contributed by atoms with Crippen LogP contribution in [0.5, 0.6) is 0 Å². The molecule has 0 amide bonds. The van der Waals surface area contributed by atoms with Gasteiger partial charge in [0.1, 0.15) is 0 Å². The SMILES string of the molecule is C=C(C)CC(=O)CN1CCCNCC1. The van der Waals surface area contributed by atoms with E-state index in [0.29, 0.717) is 18.7 Å². The molecule has 3 heteroatoms. The molecule has 1 N–H and O–H groups in total. The number of hydrogen-bond donors (Lipinski definition) is 1. The molecule has 0 aliphatic carbocycles. The van der Waals surface area contributed by atoms with Crippen molar-refractivity contribution >= 4 is 5.78 Å². The lowest BCUT2D eigenvalue weighted by Gasteiger charge is -2.18. The highest BCUT2D eigenvalue weighted by Gasteiger charge is 2.12. The van der Waals surface area contributed by atoms with E-state index in [9.17, 15) is 4.79 Å². The zero-order valence-electron chi connectivity index (χ0n) is 9.01. The van der Waals surface area contributed by atoms with Crippen LogP contribution in [0.4, 0.5) is 0 Å². The number of nitrogens with zero attached hydrogens (tertiary/aromatic N) is 1. The molecule has 0 saturated carbocycles. The lowest BCUT2D eigenvalue weighted by atomic mass is 10.1. The Morgan fingerprint density at radius 2 is 2.21 bits per heavy atom. The zero-order valence-corrected chi connectivity index (χ0v) is 9.01. The number of hydrogen-bond acceptors (Lipinski definition) is 3. The first kappa shape index (κ1) is 11.4. The van der Waals surface area contributed by atoms with Gasteiger partial charge in [0, 0.05) is 19.5 Å². The van der Waals surface area contributed by atoms with Crippen LogP contribution >= 0.6 is 0 Å². The highest BCUT2D eigenvalue weighted by atomic mass is 16.1. The van der Waals surface area contributed by atoms with Crippen molar-refractivity contribution in [3.63, 3.8) is 0 Å². The molecular weight excluding hydrogens is 176 g/mol. The molecule has 14 heavy (non-hydrogen) atoms. The lowest BCUT2D eigenvalue weighted by molar-refractivity contribution is -0.119. The van der Waals surface area contributed by atoms with Crippen molar-refractivity contribution in [2.24, 2.45) is 0 Å². The quantitative estimate of drug-likeness (QED) is 0.676. The van der Waals surface area contributed by atoms with Crippen LogP contribution in [0.25, 0.3) is 0 Å². The number of carbonyl (C=O) groups excluding carboxylic acids is 1. The van der Waals surface area contributed by atoms with Crippen LogP contribution in [-0.4, -0.2) is 43.4 Å². The first-order valence-corrected chi connectivity index (χ1v) is 5.27. The van der Waals surface area contributed by atoms with Gasteiger partial charge in [-0.1, -0.05) is 12.2 Å². The first-order chi connectivity index (χ1) is 6.68. The van der Waals surface area contributed by atoms with Gasteiger partial charge in [0.15, 0.2) is 5.78 Å². The molecule has 80 valence electrons. The summed E-state index contributed by atoms with van der Waals surface area (Å²) < 4.78 is 0. The number of allylic oxidation sites excluding steroid dienone is 1. The molecular formula is C11H20N2O. The molecule has 1 fully saturated rings. The Labute approximate surface area is 86.2 Å². The van der Waals surface area contributed by atoms with E-state index in [1.165, 1.54) is 0 Å². The minimum absolute atomic E-state index is 0.291. The summed E-state index contributed by atoms with van der Waals surface area (Å²) in [6, 6.07) is 0. The van der Waals surface area contributed by atoms with E-state index in [0.717, 1.165) is 38.2 Å². The third kappa shape index (κ3) is 4.53. The van der Waals surface area contributed by atoms with Gasteiger partial charge in [-0.05, 0) is 26.4 Å². The maximum Gasteiger partial charge on any atom is 0.150 e. The molecule has 0 atom stereocenters. The molecule has 0 radical (unpaired) electrons. The van der Waals surface area contributed by atoms with Crippen molar-refractivity contribution < 1.29 is 4.79 Å². The van der Waals surface area contributed by atoms with Gasteiger partial charge in [0.2, 0.25) is 0 Å². The molecule has 0 bridgehead atoms. The number of Topliss-reactive ketones (excluding diaryl/α,β-unsaturated/α-hetero) is 1. The fourth-order valence-electron chi connectivity index (χ4n) is 1.70. The van der Waals surface area contributed by atoms with E-state index < -0.39 is 0 Å². The molecule has 1 aliphatic heterocycles. The van der Waals surface area contributed by atoms with Gasteiger partial charge in [-0.3, -0.25) is 9.69 Å².